The summed E-state index contributed by atoms with van der Waals surface area (Å²) < 4.78 is 1.01. The summed E-state index contributed by atoms with van der Waals surface area (Å²) in [4.78, 5) is 29.2. The molecule has 3 aliphatic carbocycles. The average molecular weight is 505 g/mol. The molecule has 0 unspecified atom stereocenters. The molecular formula is C26H20INO2. The van der Waals surface area contributed by atoms with E-state index in [1.165, 1.54) is 27.2 Å². The third kappa shape index (κ3) is 2.05. The van der Waals surface area contributed by atoms with Gasteiger partial charge in [-0.15, -0.1) is 0 Å². The first-order valence-electron chi connectivity index (χ1n) is 10.4. The van der Waals surface area contributed by atoms with E-state index in [0.717, 1.165) is 9.99 Å². The highest BCUT2D eigenvalue weighted by Gasteiger charge is 2.67. The number of rotatable bonds is 2. The van der Waals surface area contributed by atoms with Gasteiger partial charge in [-0.1, -0.05) is 61.5 Å². The van der Waals surface area contributed by atoms with Crippen LogP contribution in [-0.2, 0) is 15.0 Å². The van der Waals surface area contributed by atoms with E-state index in [2.05, 4.69) is 78.0 Å². The molecule has 4 aliphatic rings. The Kier molecular flexibility index (Phi) is 3.82. The molecule has 148 valence electrons. The lowest BCUT2D eigenvalue weighted by atomic mass is 9.46. The molecule has 0 spiro atoms. The number of hydrogen-bond donors (Lipinski definition) is 0. The molecule has 2 atom stereocenters. The van der Waals surface area contributed by atoms with Gasteiger partial charge in [-0.05, 0) is 69.5 Å². The number of benzene rings is 3. The molecule has 30 heavy (non-hydrogen) atoms. The number of carbonyl (C=O) groups excluding carboxylic acids is 2. The van der Waals surface area contributed by atoms with Gasteiger partial charge in [0.05, 0.1) is 17.5 Å². The van der Waals surface area contributed by atoms with Crippen molar-refractivity contribution in [2.45, 2.75) is 24.7 Å². The van der Waals surface area contributed by atoms with Crippen molar-refractivity contribution in [3.63, 3.8) is 0 Å². The molecule has 0 aromatic heterocycles. The fourth-order valence-electron chi connectivity index (χ4n) is 6.40. The van der Waals surface area contributed by atoms with E-state index in [-0.39, 0.29) is 29.6 Å². The highest BCUT2D eigenvalue weighted by molar-refractivity contribution is 14.1. The van der Waals surface area contributed by atoms with Gasteiger partial charge in [0.15, 0.2) is 0 Å². The third-order valence-electron chi connectivity index (χ3n) is 7.42. The van der Waals surface area contributed by atoms with Crippen molar-refractivity contribution in [2.24, 2.45) is 11.8 Å². The lowest BCUT2D eigenvalue weighted by molar-refractivity contribution is -0.123. The highest BCUT2D eigenvalue weighted by atomic mass is 127. The van der Waals surface area contributed by atoms with Crippen molar-refractivity contribution in [1.29, 1.82) is 0 Å². The maximum atomic E-state index is 13.9. The first-order valence-corrected chi connectivity index (χ1v) is 11.5. The Balaban J connectivity index is 1.65. The zero-order valence-electron chi connectivity index (χ0n) is 16.5. The first kappa shape index (κ1) is 18.3. The molecule has 7 rings (SSSR count). The minimum absolute atomic E-state index is 0.0529. The minimum atomic E-state index is -0.462. The summed E-state index contributed by atoms with van der Waals surface area (Å²) >= 11 is 2.23. The van der Waals surface area contributed by atoms with Crippen LogP contribution >= 0.6 is 22.6 Å². The van der Waals surface area contributed by atoms with E-state index < -0.39 is 5.41 Å². The van der Waals surface area contributed by atoms with E-state index in [4.69, 9.17) is 0 Å². The summed E-state index contributed by atoms with van der Waals surface area (Å²) in [6, 6.07) is 24.6. The molecule has 4 heteroatoms. The molecule has 0 N–H and O–H groups in total. The van der Waals surface area contributed by atoms with Crippen LogP contribution in [0.1, 0.15) is 41.5 Å². The van der Waals surface area contributed by atoms with E-state index >= 15 is 0 Å². The normalized spacial score (nSPS) is 28.3. The van der Waals surface area contributed by atoms with Crippen LogP contribution in [-0.4, -0.2) is 11.8 Å². The maximum absolute atomic E-state index is 13.9. The second-order valence-corrected chi connectivity index (χ2v) is 9.72. The van der Waals surface area contributed by atoms with Gasteiger partial charge in [0, 0.05) is 14.9 Å². The van der Waals surface area contributed by atoms with Crippen LogP contribution in [0.4, 0.5) is 5.69 Å². The number of halogens is 1. The largest absolute Gasteiger partial charge is 0.274 e. The van der Waals surface area contributed by atoms with Gasteiger partial charge >= 0.3 is 0 Å². The molecule has 3 nitrogen and oxygen atoms in total. The number of amides is 2. The standard InChI is InChI=1S/C26H20INO2/c1-2-26-19-12-5-3-10-17(19)21(18-11-4-6-13-20(18)26)22-23(26)25(30)28(24(22)29)16-9-7-8-15(27)14-16/h3-14,21-23H,2H2,1H3/t21?,22-,23-,26?/m0/s1. The Hall–Kier alpha value is -2.47. The molecular weight excluding hydrogens is 485 g/mol. The van der Waals surface area contributed by atoms with Gasteiger partial charge in [-0.3, -0.25) is 9.59 Å². The fourth-order valence-corrected chi connectivity index (χ4v) is 6.93. The number of hydrogen-bond acceptors (Lipinski definition) is 2. The molecule has 1 saturated heterocycles. The predicted molar refractivity (Wildman–Crippen MR) is 124 cm³/mol. The third-order valence-corrected chi connectivity index (χ3v) is 8.09. The Bertz CT molecular complexity index is 1190. The van der Waals surface area contributed by atoms with Crippen LogP contribution in [0.25, 0.3) is 0 Å². The van der Waals surface area contributed by atoms with Crippen LogP contribution in [0.5, 0.6) is 0 Å². The Morgan fingerprint density at radius 2 is 1.50 bits per heavy atom. The zero-order chi connectivity index (χ0) is 20.6. The fraction of sp³-hybridized carbons (Fsp3) is 0.231. The van der Waals surface area contributed by atoms with Gasteiger partial charge in [-0.2, -0.15) is 0 Å². The molecule has 1 fully saturated rings. The minimum Gasteiger partial charge on any atom is -0.274 e. The summed E-state index contributed by atoms with van der Waals surface area (Å²) in [6.45, 7) is 2.15. The monoisotopic (exact) mass is 505 g/mol. The summed E-state index contributed by atoms with van der Waals surface area (Å²) in [6.07, 6.45) is 0.786. The van der Waals surface area contributed by atoms with Crippen LogP contribution in [0.15, 0.2) is 72.8 Å². The van der Waals surface area contributed by atoms with Crippen molar-refractivity contribution < 1.29 is 9.59 Å². The van der Waals surface area contributed by atoms with Gasteiger partial charge in [0.25, 0.3) is 0 Å². The van der Waals surface area contributed by atoms with Crippen molar-refractivity contribution in [2.75, 3.05) is 4.90 Å². The van der Waals surface area contributed by atoms with E-state index in [9.17, 15) is 9.59 Å². The van der Waals surface area contributed by atoms with Crippen molar-refractivity contribution in [1.82, 2.24) is 0 Å². The van der Waals surface area contributed by atoms with Crippen LogP contribution in [0.2, 0.25) is 0 Å². The molecule has 3 aromatic rings. The summed E-state index contributed by atoms with van der Waals surface area (Å²) in [5, 5.41) is 0. The number of imide groups is 1. The molecule has 0 radical (unpaired) electrons. The van der Waals surface area contributed by atoms with Gasteiger partial charge in [-0.25, -0.2) is 4.90 Å². The molecule has 3 aromatic carbocycles. The van der Waals surface area contributed by atoms with E-state index in [1.807, 2.05) is 24.3 Å². The summed E-state index contributed by atoms with van der Waals surface area (Å²) in [7, 11) is 0. The molecule has 0 saturated carbocycles. The quantitative estimate of drug-likeness (QED) is 0.353. The Morgan fingerprint density at radius 1 is 0.867 bits per heavy atom. The molecule has 1 heterocycles. The van der Waals surface area contributed by atoms with Crippen LogP contribution in [0.3, 0.4) is 0 Å². The lowest BCUT2D eigenvalue weighted by Gasteiger charge is -2.54. The van der Waals surface area contributed by atoms with Gasteiger partial charge in [0.1, 0.15) is 0 Å². The Morgan fingerprint density at radius 3 is 2.10 bits per heavy atom. The number of nitrogens with zero attached hydrogens (tertiary/aromatic N) is 1. The predicted octanol–water partition coefficient (Wildman–Crippen LogP) is 5.25. The second kappa shape index (κ2) is 6.27. The van der Waals surface area contributed by atoms with Crippen molar-refractivity contribution >= 4 is 40.1 Å². The van der Waals surface area contributed by atoms with E-state index in [1.54, 1.807) is 0 Å². The molecule has 2 bridgehead atoms. The summed E-state index contributed by atoms with van der Waals surface area (Å²) in [5.41, 5.74) is 5.10. The molecule has 2 amide bonds. The molecule has 1 aliphatic heterocycles. The Labute approximate surface area is 189 Å². The van der Waals surface area contributed by atoms with Crippen LogP contribution in [0, 0.1) is 15.4 Å². The topological polar surface area (TPSA) is 37.4 Å². The maximum Gasteiger partial charge on any atom is 0.238 e. The van der Waals surface area contributed by atoms with Gasteiger partial charge in [0.2, 0.25) is 11.8 Å². The summed E-state index contributed by atoms with van der Waals surface area (Å²) in [5.74, 6) is -0.885. The van der Waals surface area contributed by atoms with Crippen LogP contribution < -0.4 is 4.90 Å². The number of carbonyl (C=O) groups is 2. The van der Waals surface area contributed by atoms with E-state index in [0.29, 0.717) is 5.69 Å². The zero-order valence-corrected chi connectivity index (χ0v) is 18.7. The van der Waals surface area contributed by atoms with Crippen molar-refractivity contribution in [3.05, 3.63) is 98.6 Å². The second-order valence-electron chi connectivity index (χ2n) is 8.47. The van der Waals surface area contributed by atoms with Gasteiger partial charge < -0.3 is 0 Å². The average Bonchev–Trinajstić information content (AvgIpc) is 3.05. The first-order chi connectivity index (χ1) is 14.6. The number of anilines is 1. The highest BCUT2D eigenvalue weighted by Crippen LogP contribution is 2.65. The van der Waals surface area contributed by atoms with Crippen molar-refractivity contribution in [3.8, 4) is 0 Å². The SMILES string of the molecule is CCC12c3ccccc3C(c3ccccc31)[C@@H]1C(=O)N(c3cccc(I)c3)C(=O)[C@H]12. The smallest absolute Gasteiger partial charge is 0.238 e. The lowest BCUT2D eigenvalue weighted by Crippen LogP contribution is -2.53.